The lowest BCUT2D eigenvalue weighted by Crippen LogP contribution is -2.20. The Hall–Kier alpha value is -0.260. The summed E-state index contributed by atoms with van der Waals surface area (Å²) in [6.45, 7) is 7.14. The molecule has 14 heavy (non-hydrogen) atoms. The molecule has 0 bridgehead atoms. The van der Waals surface area contributed by atoms with Crippen LogP contribution in [0.25, 0.3) is 0 Å². The molecule has 0 radical (unpaired) electrons. The van der Waals surface area contributed by atoms with Crippen molar-refractivity contribution in [2.45, 2.75) is 59.3 Å². The highest BCUT2D eigenvalue weighted by Gasteiger charge is 2.23. The van der Waals surface area contributed by atoms with Gasteiger partial charge in [-0.25, -0.2) is 0 Å². The summed E-state index contributed by atoms with van der Waals surface area (Å²) in [5, 5.41) is 0. The fraction of sp³-hybridized carbons (Fsp3) is 0.857. The molecular weight excluding hydrogens is 168 g/mol. The largest absolute Gasteiger partial charge is 0.0885 e. The highest BCUT2D eigenvalue weighted by molar-refractivity contribution is 4.89. The van der Waals surface area contributed by atoms with Crippen molar-refractivity contribution < 1.29 is 0 Å². The molecule has 0 saturated heterocycles. The number of hydrogen-bond donors (Lipinski definition) is 0. The van der Waals surface area contributed by atoms with E-state index < -0.39 is 0 Å². The minimum Gasteiger partial charge on any atom is -0.0885 e. The molecule has 1 aliphatic rings. The minimum atomic E-state index is 0.920. The first kappa shape index (κ1) is 11.8. The predicted molar refractivity (Wildman–Crippen MR) is 64.3 cm³/mol. The van der Waals surface area contributed by atoms with Crippen molar-refractivity contribution in [1.82, 2.24) is 0 Å². The van der Waals surface area contributed by atoms with E-state index in [2.05, 4.69) is 32.9 Å². The monoisotopic (exact) mass is 194 g/mol. The van der Waals surface area contributed by atoms with Crippen molar-refractivity contribution in [3.8, 4) is 0 Å². The van der Waals surface area contributed by atoms with Gasteiger partial charge in [0.05, 0.1) is 0 Å². The first-order chi connectivity index (χ1) is 6.79. The molecule has 0 aromatic heterocycles. The van der Waals surface area contributed by atoms with Gasteiger partial charge < -0.3 is 0 Å². The molecule has 0 spiro atoms. The summed E-state index contributed by atoms with van der Waals surface area (Å²) in [5.74, 6) is 2.88. The van der Waals surface area contributed by atoms with Gasteiger partial charge in [0.15, 0.2) is 0 Å². The SMILES string of the molecule is CCC(C)C(CC)C1CCC=CCC1. The highest BCUT2D eigenvalue weighted by Crippen LogP contribution is 2.34. The van der Waals surface area contributed by atoms with Crippen molar-refractivity contribution in [1.29, 1.82) is 0 Å². The lowest BCUT2D eigenvalue weighted by molar-refractivity contribution is 0.207. The summed E-state index contributed by atoms with van der Waals surface area (Å²) in [6, 6.07) is 0. The summed E-state index contributed by atoms with van der Waals surface area (Å²) < 4.78 is 0. The molecule has 0 nitrogen and oxygen atoms in total. The van der Waals surface area contributed by atoms with Gasteiger partial charge in [-0.15, -0.1) is 0 Å². The molecule has 0 aliphatic heterocycles. The van der Waals surface area contributed by atoms with Crippen LogP contribution in [0.1, 0.15) is 59.3 Å². The lowest BCUT2D eigenvalue weighted by Gasteiger charge is -2.30. The second-order valence-electron chi connectivity index (χ2n) is 4.84. The molecule has 0 amide bonds. The Kier molecular flexibility index (Phi) is 5.29. The molecule has 1 aliphatic carbocycles. The molecule has 1 rings (SSSR count). The maximum atomic E-state index is 2.44. The quantitative estimate of drug-likeness (QED) is 0.564. The first-order valence-corrected chi connectivity index (χ1v) is 6.44. The molecule has 0 saturated carbocycles. The molecule has 0 N–H and O–H groups in total. The maximum absolute atomic E-state index is 2.44. The van der Waals surface area contributed by atoms with Crippen LogP contribution in [0.15, 0.2) is 12.2 Å². The summed E-state index contributed by atoms with van der Waals surface area (Å²) in [6.07, 6.45) is 13.0. The van der Waals surface area contributed by atoms with Gasteiger partial charge in [0, 0.05) is 0 Å². The standard InChI is InChI=1S/C14H26/c1-4-12(3)14(5-2)13-10-8-6-7-9-11-13/h6-7,12-14H,4-5,8-11H2,1-3H3. The fourth-order valence-corrected chi connectivity index (χ4v) is 2.93. The average Bonchev–Trinajstić information content (AvgIpc) is 2.47. The second kappa shape index (κ2) is 6.27. The fourth-order valence-electron chi connectivity index (χ4n) is 2.93. The van der Waals surface area contributed by atoms with Crippen LogP contribution in [0.5, 0.6) is 0 Å². The molecule has 0 aromatic carbocycles. The molecule has 0 heteroatoms. The Bertz CT molecular complexity index is 159. The van der Waals surface area contributed by atoms with Crippen LogP contribution in [0.4, 0.5) is 0 Å². The van der Waals surface area contributed by atoms with E-state index in [0.717, 1.165) is 17.8 Å². The lowest BCUT2D eigenvalue weighted by atomic mass is 9.76. The highest BCUT2D eigenvalue weighted by atomic mass is 14.3. The zero-order chi connectivity index (χ0) is 10.4. The average molecular weight is 194 g/mol. The number of hydrogen-bond acceptors (Lipinski definition) is 0. The van der Waals surface area contributed by atoms with E-state index in [0.29, 0.717) is 0 Å². The summed E-state index contributed by atoms with van der Waals surface area (Å²) >= 11 is 0. The van der Waals surface area contributed by atoms with E-state index in [4.69, 9.17) is 0 Å². The first-order valence-electron chi connectivity index (χ1n) is 6.44. The van der Waals surface area contributed by atoms with Gasteiger partial charge >= 0.3 is 0 Å². The third-order valence-electron chi connectivity index (χ3n) is 4.03. The van der Waals surface area contributed by atoms with Crippen LogP contribution in [0.3, 0.4) is 0 Å². The van der Waals surface area contributed by atoms with E-state index in [-0.39, 0.29) is 0 Å². The van der Waals surface area contributed by atoms with Crippen LogP contribution in [0, 0.1) is 17.8 Å². The smallest absolute Gasteiger partial charge is 0.0348 e. The van der Waals surface area contributed by atoms with Crippen molar-refractivity contribution in [2.24, 2.45) is 17.8 Å². The Morgan fingerprint density at radius 1 is 1.07 bits per heavy atom. The topological polar surface area (TPSA) is 0 Å². The summed E-state index contributed by atoms with van der Waals surface area (Å²) in [4.78, 5) is 0. The normalized spacial score (nSPS) is 23.1. The van der Waals surface area contributed by atoms with Gasteiger partial charge in [-0.1, -0.05) is 45.8 Å². The van der Waals surface area contributed by atoms with Crippen molar-refractivity contribution in [3.63, 3.8) is 0 Å². The Morgan fingerprint density at radius 3 is 2.07 bits per heavy atom. The molecule has 0 fully saturated rings. The molecule has 2 atom stereocenters. The van der Waals surface area contributed by atoms with Gasteiger partial charge in [-0.3, -0.25) is 0 Å². The van der Waals surface area contributed by atoms with Crippen molar-refractivity contribution in [3.05, 3.63) is 12.2 Å². The van der Waals surface area contributed by atoms with Gasteiger partial charge in [-0.2, -0.15) is 0 Å². The van der Waals surface area contributed by atoms with Crippen LogP contribution >= 0.6 is 0 Å². The van der Waals surface area contributed by atoms with E-state index in [1.807, 2.05) is 0 Å². The van der Waals surface area contributed by atoms with E-state index >= 15 is 0 Å². The van der Waals surface area contributed by atoms with E-state index in [1.54, 1.807) is 0 Å². The van der Waals surface area contributed by atoms with E-state index in [9.17, 15) is 0 Å². The molecular formula is C14H26. The molecule has 2 unspecified atom stereocenters. The van der Waals surface area contributed by atoms with Crippen LogP contribution in [-0.4, -0.2) is 0 Å². The molecule has 0 aromatic rings. The zero-order valence-electron chi connectivity index (χ0n) is 10.1. The molecule has 82 valence electrons. The Labute approximate surface area is 89.8 Å². The predicted octanol–water partition coefficient (Wildman–Crippen LogP) is 4.81. The van der Waals surface area contributed by atoms with Crippen molar-refractivity contribution in [2.75, 3.05) is 0 Å². The Morgan fingerprint density at radius 2 is 1.64 bits per heavy atom. The second-order valence-corrected chi connectivity index (χ2v) is 4.84. The van der Waals surface area contributed by atoms with Crippen LogP contribution in [0.2, 0.25) is 0 Å². The maximum Gasteiger partial charge on any atom is -0.0348 e. The van der Waals surface area contributed by atoms with Crippen molar-refractivity contribution >= 4 is 0 Å². The van der Waals surface area contributed by atoms with Crippen LogP contribution in [-0.2, 0) is 0 Å². The third-order valence-corrected chi connectivity index (χ3v) is 4.03. The van der Waals surface area contributed by atoms with Gasteiger partial charge in [0.1, 0.15) is 0 Å². The van der Waals surface area contributed by atoms with E-state index in [1.165, 1.54) is 38.5 Å². The molecule has 0 heterocycles. The van der Waals surface area contributed by atoms with Gasteiger partial charge in [0.2, 0.25) is 0 Å². The number of rotatable bonds is 4. The Balaban J connectivity index is 2.50. The van der Waals surface area contributed by atoms with Crippen LogP contribution < -0.4 is 0 Å². The summed E-state index contributed by atoms with van der Waals surface area (Å²) in [7, 11) is 0. The minimum absolute atomic E-state index is 0.920. The zero-order valence-corrected chi connectivity index (χ0v) is 10.1. The summed E-state index contributed by atoms with van der Waals surface area (Å²) in [5.41, 5.74) is 0. The van der Waals surface area contributed by atoms with Gasteiger partial charge in [0.25, 0.3) is 0 Å². The third kappa shape index (κ3) is 3.15. The van der Waals surface area contributed by atoms with Gasteiger partial charge in [-0.05, 0) is 43.4 Å². The number of allylic oxidation sites excluding steroid dienone is 2.